The number of nitrogens with zero attached hydrogens (tertiary/aromatic N) is 1. The second-order valence-electron chi connectivity index (χ2n) is 4.95. The average molecular weight is 331 g/mol. The van der Waals surface area contributed by atoms with Crippen LogP contribution in [-0.4, -0.2) is 32.9 Å². The van der Waals surface area contributed by atoms with Crippen LogP contribution in [0.4, 0.5) is 4.39 Å². The molecular weight excluding hydrogens is 317 g/mol. The van der Waals surface area contributed by atoms with Crippen LogP contribution < -0.4 is 0 Å². The number of amides is 2. The van der Waals surface area contributed by atoms with Crippen molar-refractivity contribution in [2.24, 2.45) is 0 Å². The third-order valence-electron chi connectivity index (χ3n) is 3.37. The molecule has 0 aromatic heterocycles. The van der Waals surface area contributed by atoms with Crippen molar-refractivity contribution in [1.29, 1.82) is 0 Å². The number of hydrogen-bond donors (Lipinski definition) is 2. The first-order valence-corrected chi connectivity index (χ1v) is 6.97. The Hall–Kier alpha value is -3.22. The molecule has 0 fully saturated rings. The van der Waals surface area contributed by atoms with Gasteiger partial charge in [-0.25, -0.2) is 9.18 Å². The quantitative estimate of drug-likeness (QED) is 0.637. The van der Waals surface area contributed by atoms with Crippen LogP contribution in [0.3, 0.4) is 0 Å². The highest BCUT2D eigenvalue weighted by Crippen LogP contribution is 2.26. The van der Waals surface area contributed by atoms with Crippen LogP contribution in [0.1, 0.15) is 22.8 Å². The number of aromatic hydroxyl groups is 1. The normalized spacial score (nSPS) is 14.9. The molecule has 0 saturated carbocycles. The third kappa shape index (κ3) is 3.24. The Bertz CT molecular complexity index is 807. The van der Waals surface area contributed by atoms with Gasteiger partial charge in [0.25, 0.3) is 11.8 Å². The number of carboxylic acid groups (broad SMARTS) is 1. The molecule has 1 aromatic rings. The molecule has 0 spiro atoms. The molecule has 0 bridgehead atoms. The minimum absolute atomic E-state index is 0.0911. The fraction of sp³-hybridized carbons (Fsp3) is 0.118. The lowest BCUT2D eigenvalue weighted by atomic mass is 10.1. The summed E-state index contributed by atoms with van der Waals surface area (Å²) in [6.45, 7) is 1.38. The highest BCUT2D eigenvalue weighted by Gasteiger charge is 2.31. The number of halogens is 1. The maximum absolute atomic E-state index is 13.8. The smallest absolute Gasteiger partial charge is 0.339 e. The van der Waals surface area contributed by atoms with Crippen LogP contribution in [0.5, 0.6) is 5.75 Å². The molecule has 2 N–H and O–H groups in total. The van der Waals surface area contributed by atoms with E-state index >= 15 is 0 Å². The van der Waals surface area contributed by atoms with E-state index in [9.17, 15) is 23.9 Å². The van der Waals surface area contributed by atoms with Crippen molar-refractivity contribution in [1.82, 2.24) is 4.90 Å². The predicted molar refractivity (Wildman–Crippen MR) is 82.6 cm³/mol. The van der Waals surface area contributed by atoms with Gasteiger partial charge in [-0.2, -0.15) is 0 Å². The number of hydrogen-bond acceptors (Lipinski definition) is 4. The Kier molecular flexibility index (Phi) is 4.93. The Balaban J connectivity index is 2.31. The van der Waals surface area contributed by atoms with Crippen LogP contribution in [-0.2, 0) is 16.1 Å². The van der Waals surface area contributed by atoms with Crippen LogP contribution in [0.2, 0.25) is 0 Å². The number of carbonyl (C=O) groups excluding carboxylic acids is 2. The molecule has 7 heteroatoms. The largest absolute Gasteiger partial charge is 0.505 e. The van der Waals surface area contributed by atoms with Crippen LogP contribution in [0, 0.1) is 5.82 Å². The maximum atomic E-state index is 13.8. The summed E-state index contributed by atoms with van der Waals surface area (Å²) in [7, 11) is 0. The first kappa shape index (κ1) is 17.1. The highest BCUT2D eigenvalue weighted by atomic mass is 19.1. The molecule has 0 aliphatic carbocycles. The maximum Gasteiger partial charge on any atom is 0.339 e. The number of carbonyl (C=O) groups is 3. The molecular formula is C17H14FNO5. The van der Waals surface area contributed by atoms with Gasteiger partial charge in [-0.3, -0.25) is 14.5 Å². The second-order valence-corrected chi connectivity index (χ2v) is 4.95. The molecule has 6 nitrogen and oxygen atoms in total. The van der Waals surface area contributed by atoms with E-state index in [4.69, 9.17) is 5.11 Å². The molecule has 124 valence electrons. The van der Waals surface area contributed by atoms with Crippen molar-refractivity contribution in [2.45, 2.75) is 13.5 Å². The van der Waals surface area contributed by atoms with Crippen molar-refractivity contribution >= 4 is 17.8 Å². The van der Waals surface area contributed by atoms with Crippen molar-refractivity contribution in [2.75, 3.05) is 0 Å². The average Bonchev–Trinajstić information content (AvgIpc) is 2.78. The van der Waals surface area contributed by atoms with Crippen molar-refractivity contribution < 1.29 is 29.0 Å². The van der Waals surface area contributed by atoms with Crippen LogP contribution >= 0.6 is 0 Å². The second kappa shape index (κ2) is 6.91. The molecule has 2 rings (SSSR count). The molecule has 0 unspecified atom stereocenters. The standard InChI is InChI=1S/C17H14FNO5/c1-2-3-4-5-10-8-13(21)19(16(10)22)9-11-6-7-12(20)15(18)14(11)17(23)24/h2-8,20H,9H2,1H3,(H,23,24)/b3-2-,5-4-. The van der Waals surface area contributed by atoms with Gasteiger partial charge in [0.05, 0.1) is 6.54 Å². The van der Waals surface area contributed by atoms with E-state index in [1.165, 1.54) is 6.08 Å². The number of benzene rings is 1. The molecule has 1 aliphatic heterocycles. The Labute approximate surface area is 136 Å². The van der Waals surface area contributed by atoms with E-state index in [0.29, 0.717) is 0 Å². The minimum Gasteiger partial charge on any atom is -0.505 e. The lowest BCUT2D eigenvalue weighted by molar-refractivity contribution is -0.137. The topological polar surface area (TPSA) is 94.9 Å². The Morgan fingerprint density at radius 1 is 1.29 bits per heavy atom. The number of allylic oxidation sites excluding steroid dienone is 3. The highest BCUT2D eigenvalue weighted by molar-refractivity contribution is 6.17. The van der Waals surface area contributed by atoms with E-state index < -0.39 is 41.5 Å². The van der Waals surface area contributed by atoms with Gasteiger partial charge in [0.1, 0.15) is 5.56 Å². The summed E-state index contributed by atoms with van der Waals surface area (Å²) in [5.41, 5.74) is -0.714. The Morgan fingerprint density at radius 3 is 2.62 bits per heavy atom. The predicted octanol–water partition coefficient (Wildman–Crippen LogP) is 2.16. The van der Waals surface area contributed by atoms with Crippen LogP contribution in [0.25, 0.3) is 0 Å². The summed E-state index contributed by atoms with van der Waals surface area (Å²) in [5, 5.41) is 18.4. The number of rotatable bonds is 5. The number of phenols is 1. The van der Waals surface area contributed by atoms with Gasteiger partial charge in [0.2, 0.25) is 0 Å². The number of phenolic OH excluding ortho intramolecular Hbond substituents is 1. The molecule has 1 aliphatic rings. The molecule has 1 aromatic carbocycles. The fourth-order valence-electron chi connectivity index (χ4n) is 2.21. The lowest BCUT2D eigenvalue weighted by Gasteiger charge is -2.16. The molecule has 2 amide bonds. The van der Waals surface area contributed by atoms with Gasteiger partial charge in [0.15, 0.2) is 11.6 Å². The monoisotopic (exact) mass is 331 g/mol. The fourth-order valence-corrected chi connectivity index (χ4v) is 2.21. The lowest BCUT2D eigenvalue weighted by Crippen LogP contribution is -2.31. The number of carboxylic acids is 1. The molecule has 24 heavy (non-hydrogen) atoms. The summed E-state index contributed by atoms with van der Waals surface area (Å²) < 4.78 is 13.8. The molecule has 1 heterocycles. The van der Waals surface area contributed by atoms with E-state index in [1.807, 2.05) is 0 Å². The molecule has 0 atom stereocenters. The van der Waals surface area contributed by atoms with Gasteiger partial charge in [-0.15, -0.1) is 0 Å². The summed E-state index contributed by atoms with van der Waals surface area (Å²) in [6, 6.07) is 2.14. The van der Waals surface area contributed by atoms with Gasteiger partial charge >= 0.3 is 5.97 Å². The van der Waals surface area contributed by atoms with Gasteiger partial charge in [-0.1, -0.05) is 24.3 Å². The third-order valence-corrected chi connectivity index (χ3v) is 3.37. The number of aromatic carboxylic acids is 1. The van der Waals surface area contributed by atoms with Gasteiger partial charge in [0, 0.05) is 11.6 Å². The minimum atomic E-state index is -1.60. The zero-order valence-electron chi connectivity index (χ0n) is 12.7. The van der Waals surface area contributed by atoms with Crippen LogP contribution in [0.15, 0.2) is 48.1 Å². The zero-order chi connectivity index (χ0) is 17.9. The summed E-state index contributed by atoms with van der Waals surface area (Å²) >= 11 is 0. The van der Waals surface area contributed by atoms with Gasteiger partial charge < -0.3 is 10.2 Å². The first-order chi connectivity index (χ1) is 11.4. The van der Waals surface area contributed by atoms with Crippen molar-refractivity contribution in [3.8, 4) is 5.75 Å². The SMILES string of the molecule is C/C=C\C=C/C1=CC(=O)N(Cc2ccc(O)c(F)c2C(=O)O)C1=O. The summed E-state index contributed by atoms with van der Waals surface area (Å²) in [6.07, 6.45) is 7.59. The van der Waals surface area contributed by atoms with E-state index in [2.05, 4.69) is 0 Å². The van der Waals surface area contributed by atoms with E-state index in [-0.39, 0.29) is 11.1 Å². The van der Waals surface area contributed by atoms with E-state index in [0.717, 1.165) is 23.1 Å². The van der Waals surface area contributed by atoms with Crippen molar-refractivity contribution in [3.05, 3.63) is 65.0 Å². The number of imide groups is 1. The van der Waals surface area contributed by atoms with E-state index in [1.54, 1.807) is 25.2 Å². The molecule has 0 saturated heterocycles. The first-order valence-electron chi connectivity index (χ1n) is 6.97. The van der Waals surface area contributed by atoms with Crippen molar-refractivity contribution in [3.63, 3.8) is 0 Å². The summed E-state index contributed by atoms with van der Waals surface area (Å²) in [4.78, 5) is 36.2. The zero-order valence-corrected chi connectivity index (χ0v) is 12.7. The van der Waals surface area contributed by atoms with Gasteiger partial charge in [-0.05, 0) is 24.6 Å². The molecule has 0 radical (unpaired) electrons. The summed E-state index contributed by atoms with van der Waals surface area (Å²) in [5.74, 6) is -4.95. The Morgan fingerprint density at radius 2 is 2.00 bits per heavy atom.